The van der Waals surface area contributed by atoms with Gasteiger partial charge in [-0.1, -0.05) is 24.9 Å². The number of nitrogens with zero attached hydrogens (tertiary/aromatic N) is 1. The molecule has 2 N–H and O–H groups in total. The number of hydrogen-bond donors (Lipinski definition) is 2. The van der Waals surface area contributed by atoms with Gasteiger partial charge in [-0.2, -0.15) is 0 Å². The number of carbonyl (C=O) groups excluding carboxylic acids is 2. The molecule has 1 aromatic carbocycles. The minimum Gasteiger partial charge on any atom is -0.462 e. The number of ether oxygens (including phenoxy) is 1. The molecule has 158 valence electrons. The first-order chi connectivity index (χ1) is 13.8. The van der Waals surface area contributed by atoms with Crippen molar-refractivity contribution in [3.8, 4) is 0 Å². The molecule has 1 fully saturated rings. The molecule has 6 nitrogen and oxygen atoms in total. The zero-order valence-electron chi connectivity index (χ0n) is 17.0. The van der Waals surface area contributed by atoms with Crippen LogP contribution in [-0.2, 0) is 14.3 Å². The van der Waals surface area contributed by atoms with Crippen LogP contribution in [0.5, 0.6) is 0 Å². The van der Waals surface area contributed by atoms with Crippen molar-refractivity contribution in [1.29, 1.82) is 0 Å². The first-order valence-corrected chi connectivity index (χ1v) is 10.7. The number of thiocarbonyl (C=S) groups is 1. The molecule has 0 bridgehead atoms. The molecule has 2 rings (SSSR count). The molecule has 0 aliphatic carbocycles. The Morgan fingerprint density at radius 2 is 1.97 bits per heavy atom. The fraction of sp³-hybridized carbons (Fsp3) is 0.476. The zero-order chi connectivity index (χ0) is 21.4. The zero-order valence-corrected chi connectivity index (χ0v) is 18.6. The number of nitrogens with one attached hydrogen (secondary N) is 2. The summed E-state index contributed by atoms with van der Waals surface area (Å²) in [7, 11) is 0. The number of hydrogen-bond acceptors (Lipinski definition) is 4. The van der Waals surface area contributed by atoms with E-state index in [0.29, 0.717) is 17.5 Å². The van der Waals surface area contributed by atoms with Gasteiger partial charge in [-0.3, -0.25) is 4.79 Å². The summed E-state index contributed by atoms with van der Waals surface area (Å²) in [6.45, 7) is 6.65. The summed E-state index contributed by atoms with van der Waals surface area (Å²) in [5.41, 5.74) is 0.676. The number of likely N-dealkylation sites (tertiary alicyclic amines) is 1. The van der Waals surface area contributed by atoms with Crippen molar-refractivity contribution in [2.75, 3.05) is 18.5 Å². The molecule has 1 aliphatic rings. The summed E-state index contributed by atoms with van der Waals surface area (Å²) < 4.78 is 5.10. The van der Waals surface area contributed by atoms with Gasteiger partial charge in [0.1, 0.15) is 5.57 Å². The van der Waals surface area contributed by atoms with E-state index in [4.69, 9.17) is 28.6 Å². The Morgan fingerprint density at radius 3 is 2.59 bits per heavy atom. The number of halogens is 1. The number of anilines is 1. The van der Waals surface area contributed by atoms with Gasteiger partial charge in [0.25, 0.3) is 5.91 Å². The topological polar surface area (TPSA) is 70.7 Å². The highest BCUT2D eigenvalue weighted by Crippen LogP contribution is 2.25. The minimum atomic E-state index is -0.662. The van der Waals surface area contributed by atoms with Crippen molar-refractivity contribution in [2.45, 2.75) is 46.1 Å². The van der Waals surface area contributed by atoms with Gasteiger partial charge >= 0.3 is 5.97 Å². The minimum absolute atomic E-state index is 0.0595. The molecule has 0 aromatic heterocycles. The maximum absolute atomic E-state index is 13.1. The number of esters is 1. The van der Waals surface area contributed by atoms with Crippen LogP contribution in [0, 0.1) is 5.92 Å². The molecule has 2 atom stereocenters. The van der Waals surface area contributed by atoms with Gasteiger partial charge in [-0.15, -0.1) is 0 Å². The van der Waals surface area contributed by atoms with Gasteiger partial charge in [0.15, 0.2) is 5.11 Å². The number of rotatable bonds is 6. The molecule has 0 radical (unpaired) electrons. The van der Waals surface area contributed by atoms with Crippen LogP contribution < -0.4 is 10.6 Å². The number of amides is 1. The van der Waals surface area contributed by atoms with Crippen LogP contribution in [-0.4, -0.2) is 41.1 Å². The first kappa shape index (κ1) is 23.2. The van der Waals surface area contributed by atoms with Crippen molar-refractivity contribution in [3.05, 3.63) is 41.1 Å². The van der Waals surface area contributed by atoms with Gasteiger partial charge < -0.3 is 20.3 Å². The Labute approximate surface area is 182 Å². The smallest absolute Gasteiger partial charge is 0.345 e. The van der Waals surface area contributed by atoms with Gasteiger partial charge in [0.2, 0.25) is 0 Å². The highest BCUT2D eigenvalue weighted by Gasteiger charge is 2.32. The standard InChI is InChI=1S/C21H28ClN3O3S/c1-4-15-7-6-14(3)25(13-15)19(26)18(20(27)28-5-2)12-23-21(29)24-17-10-8-16(22)9-11-17/h8-12,14-15H,4-7,13H2,1-3H3,(H2,23,24,29). The second kappa shape index (κ2) is 11.2. The van der Waals surface area contributed by atoms with E-state index in [2.05, 4.69) is 17.6 Å². The second-order valence-corrected chi connectivity index (χ2v) is 7.89. The Bertz CT molecular complexity index is 767. The monoisotopic (exact) mass is 437 g/mol. The van der Waals surface area contributed by atoms with Crippen LogP contribution in [0.3, 0.4) is 0 Å². The quantitative estimate of drug-likeness (QED) is 0.229. The normalized spacial score (nSPS) is 19.4. The maximum Gasteiger partial charge on any atom is 0.345 e. The predicted molar refractivity (Wildman–Crippen MR) is 120 cm³/mol. The molecule has 0 saturated carbocycles. The van der Waals surface area contributed by atoms with Crippen LogP contribution in [0.25, 0.3) is 0 Å². The first-order valence-electron chi connectivity index (χ1n) is 9.87. The number of piperidine rings is 1. The lowest BCUT2D eigenvalue weighted by atomic mass is 9.91. The van der Waals surface area contributed by atoms with Crippen LogP contribution in [0.4, 0.5) is 5.69 Å². The summed E-state index contributed by atoms with van der Waals surface area (Å²) in [4.78, 5) is 27.3. The van der Waals surface area contributed by atoms with Gasteiger partial charge in [-0.05, 0) is 69.1 Å². The highest BCUT2D eigenvalue weighted by molar-refractivity contribution is 7.80. The van der Waals surface area contributed by atoms with E-state index in [-0.39, 0.29) is 29.2 Å². The van der Waals surface area contributed by atoms with Crippen molar-refractivity contribution in [1.82, 2.24) is 10.2 Å². The van der Waals surface area contributed by atoms with Gasteiger partial charge in [0.05, 0.1) is 6.61 Å². The molecule has 29 heavy (non-hydrogen) atoms. The van der Waals surface area contributed by atoms with Gasteiger partial charge in [0, 0.05) is 29.5 Å². The molecular weight excluding hydrogens is 410 g/mol. The fourth-order valence-corrected chi connectivity index (χ4v) is 3.51. The molecule has 1 aromatic rings. The summed E-state index contributed by atoms with van der Waals surface area (Å²) in [5, 5.41) is 6.67. The Kier molecular flexibility index (Phi) is 8.92. The van der Waals surface area contributed by atoms with E-state index in [1.807, 2.05) is 6.92 Å². The van der Waals surface area contributed by atoms with Crippen LogP contribution in [0.15, 0.2) is 36.0 Å². The SMILES string of the molecule is CCOC(=O)C(=CNC(=S)Nc1ccc(Cl)cc1)C(=O)N1CC(CC)CCC1C. The maximum atomic E-state index is 13.1. The highest BCUT2D eigenvalue weighted by atomic mass is 35.5. The molecule has 1 aliphatic heterocycles. The molecule has 8 heteroatoms. The summed E-state index contributed by atoms with van der Waals surface area (Å²) in [5.74, 6) is -0.555. The average Bonchev–Trinajstić information content (AvgIpc) is 2.70. The predicted octanol–water partition coefficient (Wildman–Crippen LogP) is 4.11. The molecule has 1 amide bonds. The van der Waals surface area contributed by atoms with Crippen LogP contribution in [0.2, 0.25) is 5.02 Å². The summed E-state index contributed by atoms with van der Waals surface area (Å²) >= 11 is 11.1. The van der Waals surface area contributed by atoms with E-state index in [0.717, 1.165) is 24.9 Å². The third kappa shape index (κ3) is 6.72. The summed E-state index contributed by atoms with van der Waals surface area (Å²) in [6.07, 6.45) is 4.34. The Balaban J connectivity index is 2.13. The number of benzene rings is 1. The number of carbonyl (C=O) groups is 2. The third-order valence-electron chi connectivity index (χ3n) is 4.99. The lowest BCUT2D eigenvalue weighted by Crippen LogP contribution is -2.47. The third-order valence-corrected chi connectivity index (χ3v) is 5.47. The van der Waals surface area contributed by atoms with Gasteiger partial charge in [-0.25, -0.2) is 4.79 Å². The lowest BCUT2D eigenvalue weighted by molar-refractivity contribution is -0.143. The molecule has 1 heterocycles. The van der Waals surface area contributed by atoms with Crippen molar-refractivity contribution < 1.29 is 14.3 Å². The van der Waals surface area contributed by atoms with Crippen molar-refractivity contribution >= 4 is 46.5 Å². The lowest BCUT2D eigenvalue weighted by Gasteiger charge is -2.38. The Morgan fingerprint density at radius 1 is 1.28 bits per heavy atom. The van der Waals surface area contributed by atoms with Crippen LogP contribution in [0.1, 0.15) is 40.0 Å². The fourth-order valence-electron chi connectivity index (χ4n) is 3.21. The molecule has 1 saturated heterocycles. The van der Waals surface area contributed by atoms with E-state index in [9.17, 15) is 9.59 Å². The van der Waals surface area contributed by atoms with Crippen LogP contribution >= 0.6 is 23.8 Å². The van der Waals surface area contributed by atoms with E-state index in [1.54, 1.807) is 36.1 Å². The van der Waals surface area contributed by atoms with E-state index in [1.165, 1.54) is 6.20 Å². The molecular formula is C21H28ClN3O3S. The molecule has 2 unspecified atom stereocenters. The Hall–Kier alpha value is -2.12. The largest absolute Gasteiger partial charge is 0.462 e. The second-order valence-electron chi connectivity index (χ2n) is 7.04. The van der Waals surface area contributed by atoms with E-state index < -0.39 is 5.97 Å². The summed E-state index contributed by atoms with van der Waals surface area (Å²) in [6, 6.07) is 7.09. The van der Waals surface area contributed by atoms with Crippen molar-refractivity contribution in [3.63, 3.8) is 0 Å². The van der Waals surface area contributed by atoms with E-state index >= 15 is 0 Å². The van der Waals surface area contributed by atoms with Crippen molar-refractivity contribution in [2.24, 2.45) is 5.92 Å². The average molecular weight is 438 g/mol. The molecule has 0 spiro atoms.